The van der Waals surface area contributed by atoms with Crippen molar-refractivity contribution in [2.75, 3.05) is 7.05 Å². The molecule has 0 aliphatic carbocycles. The lowest BCUT2D eigenvalue weighted by molar-refractivity contribution is -0.154. The van der Waals surface area contributed by atoms with E-state index in [1.165, 1.54) is 0 Å². The van der Waals surface area contributed by atoms with Crippen molar-refractivity contribution in [2.24, 2.45) is 22.1 Å². The van der Waals surface area contributed by atoms with Crippen LogP contribution in [-0.4, -0.2) is 23.3 Å². The lowest BCUT2D eigenvalue weighted by atomic mass is 9.84. The number of benzene rings is 1. The minimum Gasteiger partial charge on any atom is -0.461 e. The fourth-order valence-corrected chi connectivity index (χ4v) is 5.32. The van der Waals surface area contributed by atoms with Gasteiger partial charge in [0.1, 0.15) is 6.10 Å². The maximum atomic E-state index is 14.0. The number of hydrogen-bond acceptors (Lipinski definition) is 4. The van der Waals surface area contributed by atoms with E-state index >= 15 is 0 Å². The molecule has 1 unspecified atom stereocenters. The number of carbonyl (C=O) groups excluding carboxylic acids is 1. The van der Waals surface area contributed by atoms with Gasteiger partial charge in [0.25, 0.3) is 0 Å². The normalized spacial score (nSPS) is 15.9. The molecule has 5 heteroatoms. The van der Waals surface area contributed by atoms with Gasteiger partial charge in [-0.05, 0) is 36.8 Å². The van der Waals surface area contributed by atoms with Crippen LogP contribution in [0.1, 0.15) is 47.0 Å². The van der Waals surface area contributed by atoms with Gasteiger partial charge in [-0.1, -0.05) is 64.1 Å². The third kappa shape index (κ3) is 6.98. The molecule has 0 amide bonds. The molecule has 0 saturated heterocycles. The Kier molecular flexibility index (Phi) is 10.8. The van der Waals surface area contributed by atoms with E-state index in [-0.39, 0.29) is 29.8 Å². The fraction of sp³-hybridized carbons (Fsp3) is 0.480. The molecule has 0 saturated carbocycles. The Morgan fingerprint density at radius 2 is 1.73 bits per heavy atom. The van der Waals surface area contributed by atoms with Crippen LogP contribution in [0, 0.1) is 17.8 Å². The SMILES string of the molecule is C=CCCC(=O)O[C@@H](C(C)C)[C@@H](/C=C(\CC=C)S(=O)(=NC)c1ccccc1)C(C)C. The van der Waals surface area contributed by atoms with E-state index in [1.807, 2.05) is 50.3 Å². The van der Waals surface area contributed by atoms with Crippen molar-refractivity contribution in [3.63, 3.8) is 0 Å². The minimum atomic E-state index is -2.78. The molecular weight excluding hydrogens is 394 g/mol. The first-order valence-corrected chi connectivity index (χ1v) is 12.0. The fourth-order valence-electron chi connectivity index (χ4n) is 3.37. The molecule has 4 nitrogen and oxygen atoms in total. The highest BCUT2D eigenvalue weighted by Crippen LogP contribution is 2.32. The summed E-state index contributed by atoms with van der Waals surface area (Å²) in [6, 6.07) is 9.30. The third-order valence-corrected chi connectivity index (χ3v) is 7.46. The first kappa shape index (κ1) is 25.9. The monoisotopic (exact) mass is 431 g/mol. The molecule has 0 aliphatic rings. The minimum absolute atomic E-state index is 0.0982. The van der Waals surface area contributed by atoms with Crippen LogP contribution in [0.5, 0.6) is 0 Å². The van der Waals surface area contributed by atoms with Gasteiger partial charge in [-0.25, -0.2) is 8.57 Å². The lowest BCUT2D eigenvalue weighted by Gasteiger charge is -2.31. The molecule has 0 aromatic heterocycles. The summed E-state index contributed by atoms with van der Waals surface area (Å²) in [4.78, 5) is 13.7. The largest absolute Gasteiger partial charge is 0.461 e. The molecule has 1 aromatic rings. The molecule has 30 heavy (non-hydrogen) atoms. The van der Waals surface area contributed by atoms with Gasteiger partial charge in [-0.2, -0.15) is 0 Å². The number of ether oxygens (including phenoxy) is 1. The number of esters is 1. The predicted molar refractivity (Wildman–Crippen MR) is 127 cm³/mol. The second kappa shape index (κ2) is 12.5. The van der Waals surface area contributed by atoms with Crippen molar-refractivity contribution < 1.29 is 13.7 Å². The summed E-state index contributed by atoms with van der Waals surface area (Å²) in [5.74, 6) is -0.0424. The standard InChI is InChI=1S/C25H37NO3S/c1-8-10-17-24(27)29-25(20(5)6)23(19(3)4)18-22(14-9-2)30(28,26-7)21-15-12-11-13-16-21/h8-9,11-13,15-16,18-20,23,25H,1-2,10,14,17H2,3-7H3/b22-18+/t23-,25-,30?/m0/s1. The van der Waals surface area contributed by atoms with Gasteiger partial charge < -0.3 is 4.74 Å². The maximum Gasteiger partial charge on any atom is 0.306 e. The quantitative estimate of drug-likeness (QED) is 0.284. The van der Waals surface area contributed by atoms with E-state index in [0.717, 1.165) is 0 Å². The van der Waals surface area contributed by atoms with Crippen molar-refractivity contribution in [2.45, 2.75) is 58.0 Å². The van der Waals surface area contributed by atoms with E-state index in [1.54, 1.807) is 19.2 Å². The van der Waals surface area contributed by atoms with E-state index in [9.17, 15) is 9.00 Å². The van der Waals surface area contributed by atoms with Crippen LogP contribution in [-0.2, 0) is 19.3 Å². The molecule has 3 atom stereocenters. The Balaban J connectivity index is 3.47. The summed E-state index contributed by atoms with van der Waals surface area (Å²) in [6.07, 6.45) is 6.50. The molecule has 0 bridgehead atoms. The second-order valence-electron chi connectivity index (χ2n) is 7.99. The zero-order valence-electron chi connectivity index (χ0n) is 19.0. The Morgan fingerprint density at radius 3 is 2.20 bits per heavy atom. The Bertz CT molecular complexity index is 846. The molecule has 1 aromatic carbocycles. The number of rotatable bonds is 12. The van der Waals surface area contributed by atoms with Crippen LogP contribution in [0.25, 0.3) is 0 Å². The lowest BCUT2D eigenvalue weighted by Crippen LogP contribution is -2.34. The van der Waals surface area contributed by atoms with Crippen molar-refractivity contribution in [1.29, 1.82) is 0 Å². The molecule has 1 rings (SSSR count). The molecular formula is C25H37NO3S. The summed E-state index contributed by atoms with van der Waals surface area (Å²) >= 11 is 0. The van der Waals surface area contributed by atoms with E-state index < -0.39 is 9.73 Å². The van der Waals surface area contributed by atoms with Crippen LogP contribution >= 0.6 is 0 Å². The Labute approximate surface area is 183 Å². The highest BCUT2D eigenvalue weighted by atomic mass is 32.2. The number of carbonyl (C=O) groups is 1. The highest BCUT2D eigenvalue weighted by Gasteiger charge is 2.31. The maximum absolute atomic E-state index is 14.0. The molecule has 0 radical (unpaired) electrons. The summed E-state index contributed by atoms with van der Waals surface area (Å²) < 4.78 is 24.2. The van der Waals surface area contributed by atoms with Crippen LogP contribution in [0.3, 0.4) is 0 Å². The molecule has 0 fully saturated rings. The average molecular weight is 432 g/mol. The summed E-state index contributed by atoms with van der Waals surface area (Å²) in [5, 5.41) is 0. The smallest absolute Gasteiger partial charge is 0.306 e. The Morgan fingerprint density at radius 1 is 1.10 bits per heavy atom. The van der Waals surface area contributed by atoms with Gasteiger partial charge in [0, 0.05) is 24.3 Å². The summed E-state index contributed by atoms with van der Waals surface area (Å²) in [6.45, 7) is 15.8. The van der Waals surface area contributed by atoms with Crippen molar-refractivity contribution >= 4 is 15.7 Å². The second-order valence-corrected chi connectivity index (χ2v) is 10.4. The van der Waals surface area contributed by atoms with Gasteiger partial charge in [0.05, 0.1) is 14.6 Å². The van der Waals surface area contributed by atoms with Crippen molar-refractivity contribution in [1.82, 2.24) is 0 Å². The number of hydrogen-bond donors (Lipinski definition) is 0. The van der Waals surface area contributed by atoms with Gasteiger partial charge in [-0.3, -0.25) is 4.79 Å². The first-order chi connectivity index (χ1) is 14.2. The van der Waals surface area contributed by atoms with Crippen molar-refractivity contribution in [3.8, 4) is 0 Å². The predicted octanol–water partition coefficient (Wildman–Crippen LogP) is 6.41. The Hall–Kier alpha value is -2.14. The molecule has 0 N–H and O–H groups in total. The van der Waals surface area contributed by atoms with Gasteiger partial charge in [0.2, 0.25) is 0 Å². The van der Waals surface area contributed by atoms with Crippen LogP contribution < -0.4 is 0 Å². The number of nitrogens with zero attached hydrogens (tertiary/aromatic N) is 1. The summed E-state index contributed by atoms with van der Waals surface area (Å²) in [5.41, 5.74) is 0. The number of allylic oxidation sites excluding steroid dienone is 3. The van der Waals surface area contributed by atoms with Gasteiger partial charge in [-0.15, -0.1) is 13.2 Å². The molecule has 166 valence electrons. The highest BCUT2D eigenvalue weighted by molar-refractivity contribution is 7.97. The third-order valence-electron chi connectivity index (χ3n) is 5.03. The van der Waals surface area contributed by atoms with Gasteiger partial charge in [0.15, 0.2) is 0 Å². The molecule has 0 heterocycles. The van der Waals surface area contributed by atoms with Crippen LogP contribution in [0.2, 0.25) is 0 Å². The topological polar surface area (TPSA) is 55.7 Å². The van der Waals surface area contributed by atoms with E-state index in [0.29, 0.717) is 29.1 Å². The molecule has 0 aliphatic heterocycles. The molecule has 0 spiro atoms. The van der Waals surface area contributed by atoms with Gasteiger partial charge >= 0.3 is 5.97 Å². The van der Waals surface area contributed by atoms with Crippen molar-refractivity contribution in [3.05, 3.63) is 66.6 Å². The zero-order chi connectivity index (χ0) is 22.7. The first-order valence-electron chi connectivity index (χ1n) is 10.5. The zero-order valence-corrected chi connectivity index (χ0v) is 19.9. The average Bonchev–Trinajstić information content (AvgIpc) is 2.73. The van der Waals surface area contributed by atoms with Crippen LogP contribution in [0.15, 0.2) is 75.9 Å². The van der Waals surface area contributed by atoms with Crippen LogP contribution in [0.4, 0.5) is 0 Å². The van der Waals surface area contributed by atoms with E-state index in [4.69, 9.17) is 4.74 Å². The summed E-state index contributed by atoms with van der Waals surface area (Å²) in [7, 11) is -1.19. The van der Waals surface area contributed by atoms with E-state index in [2.05, 4.69) is 31.4 Å².